The summed E-state index contributed by atoms with van der Waals surface area (Å²) in [4.78, 5) is 0. The molecular weight excluding hydrogens is 220 g/mol. The summed E-state index contributed by atoms with van der Waals surface area (Å²) in [7, 11) is 0. The Kier molecular flexibility index (Phi) is 4.66. The van der Waals surface area contributed by atoms with Crippen molar-refractivity contribution in [1.82, 2.24) is 0 Å². The van der Waals surface area contributed by atoms with E-state index in [4.69, 9.17) is 0 Å². The lowest BCUT2D eigenvalue weighted by molar-refractivity contribution is 0.545. The molecule has 0 amide bonds. The van der Waals surface area contributed by atoms with E-state index >= 15 is 0 Å². The molecule has 1 aromatic carbocycles. The maximum Gasteiger partial charge on any atom is 0.0364 e. The fourth-order valence-corrected chi connectivity index (χ4v) is 1.63. The third-order valence-electron chi connectivity index (χ3n) is 3.60. The molecule has 0 aliphatic rings. The fourth-order valence-electron chi connectivity index (χ4n) is 1.63. The Labute approximate surface area is 112 Å². The second kappa shape index (κ2) is 5.64. The zero-order valence-electron chi connectivity index (χ0n) is 12.7. The van der Waals surface area contributed by atoms with Crippen LogP contribution < -0.4 is 10.6 Å². The van der Waals surface area contributed by atoms with E-state index in [-0.39, 0.29) is 11.1 Å². The average molecular weight is 248 g/mol. The van der Waals surface area contributed by atoms with E-state index < -0.39 is 0 Å². The van der Waals surface area contributed by atoms with Gasteiger partial charge in [0.2, 0.25) is 0 Å². The van der Waals surface area contributed by atoms with E-state index in [0.29, 0.717) is 0 Å². The van der Waals surface area contributed by atoms with Gasteiger partial charge in [0.05, 0.1) is 0 Å². The van der Waals surface area contributed by atoms with Gasteiger partial charge in [-0.05, 0) is 58.7 Å². The summed E-state index contributed by atoms with van der Waals surface area (Å²) >= 11 is 0. The molecule has 1 rings (SSSR count). The Bertz CT molecular complexity index is 347. The lowest BCUT2D eigenvalue weighted by atomic mass is 10.0. The standard InChI is InChI=1S/C16H28N2/c1-7-15(3,4)17-13-10-9-11-14(12-13)18-16(5,6)8-2/h9-12,17-18H,7-8H2,1-6H3. The van der Waals surface area contributed by atoms with Crippen LogP contribution in [0.4, 0.5) is 11.4 Å². The van der Waals surface area contributed by atoms with Crippen LogP contribution in [0.25, 0.3) is 0 Å². The van der Waals surface area contributed by atoms with Crippen molar-refractivity contribution in [1.29, 1.82) is 0 Å². The minimum Gasteiger partial charge on any atom is -0.380 e. The Morgan fingerprint density at radius 1 is 0.833 bits per heavy atom. The topological polar surface area (TPSA) is 24.1 Å². The van der Waals surface area contributed by atoms with Crippen molar-refractivity contribution in [3.05, 3.63) is 24.3 Å². The third kappa shape index (κ3) is 4.59. The largest absolute Gasteiger partial charge is 0.380 e. The summed E-state index contributed by atoms with van der Waals surface area (Å²) in [6.45, 7) is 13.3. The molecule has 1 aromatic rings. The Morgan fingerprint density at radius 2 is 1.22 bits per heavy atom. The predicted molar refractivity (Wildman–Crippen MR) is 82.4 cm³/mol. The summed E-state index contributed by atoms with van der Waals surface area (Å²) in [5.41, 5.74) is 2.63. The van der Waals surface area contributed by atoms with Gasteiger partial charge in [0.25, 0.3) is 0 Å². The first-order valence-electron chi connectivity index (χ1n) is 6.94. The minimum absolute atomic E-state index is 0.138. The van der Waals surface area contributed by atoms with Crippen LogP contribution in [0.5, 0.6) is 0 Å². The smallest absolute Gasteiger partial charge is 0.0364 e. The molecule has 18 heavy (non-hydrogen) atoms. The van der Waals surface area contributed by atoms with Gasteiger partial charge in [-0.25, -0.2) is 0 Å². The van der Waals surface area contributed by atoms with Crippen LogP contribution in [0.15, 0.2) is 24.3 Å². The number of nitrogens with one attached hydrogen (secondary N) is 2. The van der Waals surface area contributed by atoms with Gasteiger partial charge in [0, 0.05) is 22.5 Å². The molecule has 0 spiro atoms. The summed E-state index contributed by atoms with van der Waals surface area (Å²) in [5, 5.41) is 7.14. The van der Waals surface area contributed by atoms with E-state index in [1.54, 1.807) is 0 Å². The highest BCUT2D eigenvalue weighted by Gasteiger charge is 2.16. The SMILES string of the molecule is CCC(C)(C)Nc1cccc(NC(C)(C)CC)c1. The number of benzene rings is 1. The first-order chi connectivity index (χ1) is 8.28. The molecule has 0 fully saturated rings. The van der Waals surface area contributed by atoms with E-state index in [1.165, 1.54) is 11.4 Å². The van der Waals surface area contributed by atoms with Crippen molar-refractivity contribution in [2.45, 2.75) is 65.5 Å². The number of hydrogen-bond acceptors (Lipinski definition) is 2. The van der Waals surface area contributed by atoms with Gasteiger partial charge < -0.3 is 10.6 Å². The van der Waals surface area contributed by atoms with Crippen LogP contribution in [0.2, 0.25) is 0 Å². The van der Waals surface area contributed by atoms with Crippen LogP contribution in [0.3, 0.4) is 0 Å². The molecule has 0 saturated carbocycles. The second-order valence-electron chi connectivity index (χ2n) is 6.31. The van der Waals surface area contributed by atoms with Crippen molar-refractivity contribution >= 4 is 11.4 Å². The normalized spacial score (nSPS) is 12.3. The molecule has 0 aliphatic heterocycles. The quantitative estimate of drug-likeness (QED) is 0.749. The van der Waals surface area contributed by atoms with Gasteiger partial charge in [0.1, 0.15) is 0 Å². The highest BCUT2D eigenvalue weighted by molar-refractivity contribution is 5.58. The van der Waals surface area contributed by atoms with E-state index in [0.717, 1.165) is 12.8 Å². The Balaban J connectivity index is 2.80. The van der Waals surface area contributed by atoms with Crippen LogP contribution in [-0.4, -0.2) is 11.1 Å². The van der Waals surface area contributed by atoms with Crippen LogP contribution in [0, 0.1) is 0 Å². The van der Waals surface area contributed by atoms with Gasteiger partial charge in [0.15, 0.2) is 0 Å². The lowest BCUT2D eigenvalue weighted by Gasteiger charge is -2.28. The van der Waals surface area contributed by atoms with Crippen LogP contribution >= 0.6 is 0 Å². The van der Waals surface area contributed by atoms with Crippen molar-refractivity contribution in [2.24, 2.45) is 0 Å². The molecule has 0 unspecified atom stereocenters. The molecule has 2 N–H and O–H groups in total. The third-order valence-corrected chi connectivity index (χ3v) is 3.60. The van der Waals surface area contributed by atoms with E-state index in [1.807, 2.05) is 0 Å². The van der Waals surface area contributed by atoms with Gasteiger partial charge in [-0.3, -0.25) is 0 Å². The summed E-state index contributed by atoms with van der Waals surface area (Å²) in [5.74, 6) is 0. The summed E-state index contributed by atoms with van der Waals surface area (Å²) in [6, 6.07) is 8.54. The van der Waals surface area contributed by atoms with Gasteiger partial charge in [-0.15, -0.1) is 0 Å². The van der Waals surface area contributed by atoms with Crippen molar-refractivity contribution in [2.75, 3.05) is 10.6 Å². The number of anilines is 2. The zero-order valence-corrected chi connectivity index (χ0v) is 12.7. The fraction of sp³-hybridized carbons (Fsp3) is 0.625. The molecular formula is C16H28N2. The first-order valence-corrected chi connectivity index (χ1v) is 6.94. The molecule has 0 saturated heterocycles. The molecule has 0 heterocycles. The van der Waals surface area contributed by atoms with Crippen LogP contribution in [0.1, 0.15) is 54.4 Å². The second-order valence-corrected chi connectivity index (χ2v) is 6.31. The maximum atomic E-state index is 3.57. The predicted octanol–water partition coefficient (Wildman–Crippen LogP) is 4.89. The van der Waals surface area contributed by atoms with Crippen molar-refractivity contribution in [3.8, 4) is 0 Å². The number of hydrogen-bond donors (Lipinski definition) is 2. The van der Waals surface area contributed by atoms with Crippen molar-refractivity contribution in [3.63, 3.8) is 0 Å². The first kappa shape index (κ1) is 14.9. The molecule has 0 atom stereocenters. The zero-order chi connectivity index (χ0) is 13.8. The molecule has 0 bridgehead atoms. The van der Waals surface area contributed by atoms with Crippen molar-refractivity contribution < 1.29 is 0 Å². The summed E-state index contributed by atoms with van der Waals surface area (Å²) in [6.07, 6.45) is 2.20. The van der Waals surface area contributed by atoms with Crippen LogP contribution in [-0.2, 0) is 0 Å². The van der Waals surface area contributed by atoms with Gasteiger partial charge >= 0.3 is 0 Å². The van der Waals surface area contributed by atoms with E-state index in [9.17, 15) is 0 Å². The summed E-state index contributed by atoms with van der Waals surface area (Å²) < 4.78 is 0. The minimum atomic E-state index is 0.138. The Morgan fingerprint density at radius 3 is 1.56 bits per heavy atom. The highest BCUT2D eigenvalue weighted by Crippen LogP contribution is 2.23. The Hall–Kier alpha value is -1.18. The highest BCUT2D eigenvalue weighted by atomic mass is 15.0. The molecule has 102 valence electrons. The van der Waals surface area contributed by atoms with Gasteiger partial charge in [-0.2, -0.15) is 0 Å². The maximum absolute atomic E-state index is 3.57. The van der Waals surface area contributed by atoms with E-state index in [2.05, 4.69) is 76.4 Å². The molecule has 2 heteroatoms. The molecule has 2 nitrogen and oxygen atoms in total. The molecule has 0 aromatic heterocycles. The van der Waals surface area contributed by atoms with Gasteiger partial charge in [-0.1, -0.05) is 19.9 Å². The molecule has 0 aliphatic carbocycles. The molecule has 0 radical (unpaired) electrons. The lowest BCUT2D eigenvalue weighted by Crippen LogP contribution is -2.31. The average Bonchev–Trinajstić information content (AvgIpc) is 2.28. The monoisotopic (exact) mass is 248 g/mol. The number of rotatable bonds is 6.